The van der Waals surface area contributed by atoms with E-state index in [4.69, 9.17) is 0 Å². The van der Waals surface area contributed by atoms with Gasteiger partial charge in [-0.25, -0.2) is 4.68 Å². The monoisotopic (exact) mass is 351 g/mol. The van der Waals surface area contributed by atoms with Gasteiger partial charge in [-0.3, -0.25) is 15.0 Å². The van der Waals surface area contributed by atoms with E-state index >= 15 is 0 Å². The van der Waals surface area contributed by atoms with Crippen LogP contribution in [-0.2, 0) is 4.79 Å². The number of amides is 2. The summed E-state index contributed by atoms with van der Waals surface area (Å²) >= 11 is 0. The molecule has 1 atom stereocenters. The summed E-state index contributed by atoms with van der Waals surface area (Å²) in [7, 11) is 0. The molecule has 1 heterocycles. The van der Waals surface area contributed by atoms with E-state index in [1.807, 2.05) is 42.5 Å². The molecule has 8 nitrogen and oxygen atoms in total. The second-order valence-electron chi connectivity index (χ2n) is 5.50. The molecule has 0 radical (unpaired) electrons. The molecule has 132 valence electrons. The number of hydrogen-bond acceptors (Lipinski definition) is 5. The van der Waals surface area contributed by atoms with Gasteiger partial charge < -0.3 is 10.4 Å². The predicted molar refractivity (Wildman–Crippen MR) is 94.6 cm³/mol. The summed E-state index contributed by atoms with van der Waals surface area (Å²) in [6, 6.07) is 15.7. The maximum Gasteiger partial charge on any atom is 0.263 e. The average Bonchev–Trinajstić information content (AvgIpc) is 3.19. The number of benzene rings is 2. The molecule has 2 amide bonds. The number of aliphatic hydroxyl groups is 1. The largest absolute Gasteiger partial charge is 0.394 e. The van der Waals surface area contributed by atoms with E-state index in [-0.39, 0.29) is 0 Å². The third-order valence-corrected chi connectivity index (χ3v) is 3.72. The van der Waals surface area contributed by atoms with Gasteiger partial charge in [0.2, 0.25) is 0 Å². The van der Waals surface area contributed by atoms with Gasteiger partial charge in [-0.1, -0.05) is 42.5 Å². The summed E-state index contributed by atoms with van der Waals surface area (Å²) < 4.78 is 1.23. The van der Waals surface area contributed by atoms with E-state index in [0.717, 1.165) is 11.1 Å². The first-order valence-corrected chi connectivity index (χ1v) is 7.90. The quantitative estimate of drug-likeness (QED) is 0.609. The van der Waals surface area contributed by atoms with Crippen molar-refractivity contribution in [3.63, 3.8) is 0 Å². The number of nitrogens with one attached hydrogen (secondary N) is 2. The minimum absolute atomic E-state index is 0.389. The zero-order chi connectivity index (χ0) is 18.4. The number of nitrogens with zero attached hydrogens (tertiary/aromatic N) is 3. The first-order valence-electron chi connectivity index (χ1n) is 7.90. The number of hydrogen-bond donors (Lipinski definition) is 3. The highest BCUT2D eigenvalue weighted by atomic mass is 16.3. The van der Waals surface area contributed by atoms with Crippen LogP contribution in [0.15, 0.2) is 67.3 Å². The zero-order valence-corrected chi connectivity index (χ0v) is 13.7. The van der Waals surface area contributed by atoms with E-state index in [1.165, 1.54) is 17.3 Å². The van der Waals surface area contributed by atoms with Crippen molar-refractivity contribution in [2.75, 3.05) is 12.0 Å². The summed E-state index contributed by atoms with van der Waals surface area (Å²) in [5.41, 5.74) is 4.85. The van der Waals surface area contributed by atoms with Crippen LogP contribution in [0.2, 0.25) is 0 Å². The first kappa shape index (κ1) is 17.3. The van der Waals surface area contributed by atoms with Gasteiger partial charge in [-0.2, -0.15) is 0 Å². The fourth-order valence-electron chi connectivity index (χ4n) is 2.34. The van der Waals surface area contributed by atoms with Crippen molar-refractivity contribution in [1.82, 2.24) is 20.2 Å². The highest BCUT2D eigenvalue weighted by Crippen LogP contribution is 2.19. The smallest absolute Gasteiger partial charge is 0.263 e. The Bertz CT molecular complexity index is 864. The molecule has 0 aliphatic heterocycles. The molecule has 26 heavy (non-hydrogen) atoms. The topological polar surface area (TPSA) is 109 Å². The zero-order valence-electron chi connectivity index (χ0n) is 13.7. The van der Waals surface area contributed by atoms with Gasteiger partial charge in [0.1, 0.15) is 18.7 Å². The highest BCUT2D eigenvalue weighted by Gasteiger charge is 2.21. The second kappa shape index (κ2) is 8.04. The van der Waals surface area contributed by atoms with Gasteiger partial charge in [0.25, 0.3) is 11.8 Å². The van der Waals surface area contributed by atoms with Crippen LogP contribution in [0.3, 0.4) is 0 Å². The van der Waals surface area contributed by atoms with Crippen molar-refractivity contribution in [2.24, 2.45) is 0 Å². The molecule has 0 aliphatic carbocycles. The van der Waals surface area contributed by atoms with Gasteiger partial charge in [-0.05, 0) is 23.3 Å². The van der Waals surface area contributed by atoms with Crippen LogP contribution in [0.25, 0.3) is 11.1 Å². The SMILES string of the molecule is O=C(NC(CO)C(=O)Nn1cnnc1)c1ccc(-c2ccccc2)cc1. The fourth-order valence-corrected chi connectivity index (χ4v) is 2.34. The summed E-state index contributed by atoms with van der Waals surface area (Å²) in [5, 5.41) is 19.0. The Morgan fingerprint density at radius 2 is 1.58 bits per heavy atom. The first-order chi connectivity index (χ1) is 12.7. The molecule has 1 unspecified atom stereocenters. The van der Waals surface area contributed by atoms with Crippen LogP contribution in [0.5, 0.6) is 0 Å². The Morgan fingerprint density at radius 1 is 0.962 bits per heavy atom. The van der Waals surface area contributed by atoms with Gasteiger partial charge >= 0.3 is 0 Å². The van der Waals surface area contributed by atoms with Crippen molar-refractivity contribution >= 4 is 11.8 Å². The molecule has 0 bridgehead atoms. The summed E-state index contributed by atoms with van der Waals surface area (Å²) in [6.45, 7) is -0.540. The molecular formula is C18H17N5O3. The van der Waals surface area contributed by atoms with Crippen molar-refractivity contribution < 1.29 is 14.7 Å². The molecule has 1 aromatic heterocycles. The van der Waals surface area contributed by atoms with Crippen molar-refractivity contribution in [2.45, 2.75) is 6.04 Å². The lowest BCUT2D eigenvalue weighted by Crippen LogP contribution is -2.47. The Morgan fingerprint density at radius 3 is 2.19 bits per heavy atom. The van der Waals surface area contributed by atoms with Gasteiger partial charge in [-0.15, -0.1) is 10.2 Å². The number of rotatable bonds is 6. The molecule has 0 fully saturated rings. The van der Waals surface area contributed by atoms with E-state index in [2.05, 4.69) is 20.9 Å². The van der Waals surface area contributed by atoms with Gasteiger partial charge in [0, 0.05) is 5.56 Å². The summed E-state index contributed by atoms with van der Waals surface area (Å²) in [5.74, 6) is -1.04. The fraction of sp³-hybridized carbons (Fsp3) is 0.111. The van der Waals surface area contributed by atoms with Crippen LogP contribution in [0, 0.1) is 0 Å². The van der Waals surface area contributed by atoms with Crippen molar-refractivity contribution in [3.8, 4) is 11.1 Å². The summed E-state index contributed by atoms with van der Waals surface area (Å²) in [4.78, 5) is 24.4. The lowest BCUT2D eigenvalue weighted by Gasteiger charge is -2.16. The highest BCUT2D eigenvalue weighted by molar-refractivity contribution is 5.99. The molecule has 0 spiro atoms. The van der Waals surface area contributed by atoms with Crippen molar-refractivity contribution in [3.05, 3.63) is 72.8 Å². The lowest BCUT2D eigenvalue weighted by molar-refractivity contribution is -0.119. The van der Waals surface area contributed by atoms with Crippen LogP contribution < -0.4 is 10.7 Å². The van der Waals surface area contributed by atoms with Crippen LogP contribution in [0.1, 0.15) is 10.4 Å². The maximum absolute atomic E-state index is 12.3. The average molecular weight is 351 g/mol. The molecular weight excluding hydrogens is 334 g/mol. The standard InChI is InChI=1S/C18H17N5O3/c24-10-16(18(26)22-23-11-19-20-12-23)21-17(25)15-8-6-14(7-9-15)13-4-2-1-3-5-13/h1-9,11-12,16,24H,10H2,(H,21,25)(H,22,26). The number of carbonyl (C=O) groups is 2. The van der Waals surface area contributed by atoms with Gasteiger partial charge in [0.15, 0.2) is 0 Å². The van der Waals surface area contributed by atoms with Crippen molar-refractivity contribution in [1.29, 1.82) is 0 Å². The van der Waals surface area contributed by atoms with Crippen LogP contribution in [0.4, 0.5) is 0 Å². The molecule has 8 heteroatoms. The number of aromatic nitrogens is 3. The summed E-state index contributed by atoms with van der Waals surface area (Å²) in [6.07, 6.45) is 2.58. The molecule has 0 aliphatic rings. The van der Waals surface area contributed by atoms with Crippen LogP contribution >= 0.6 is 0 Å². The van der Waals surface area contributed by atoms with Crippen LogP contribution in [-0.4, -0.2) is 44.4 Å². The molecule has 3 aromatic rings. The normalized spacial score (nSPS) is 11.6. The molecule has 3 rings (SSSR count). The Kier molecular flexibility index (Phi) is 5.35. The van der Waals surface area contributed by atoms with E-state index in [1.54, 1.807) is 12.1 Å². The molecule has 3 N–H and O–H groups in total. The Balaban J connectivity index is 1.65. The molecule has 0 saturated heterocycles. The minimum atomic E-state index is -1.10. The van der Waals surface area contributed by atoms with Gasteiger partial charge in [0.05, 0.1) is 6.61 Å². The number of carbonyl (C=O) groups excluding carboxylic acids is 2. The predicted octanol–water partition coefficient (Wildman–Crippen LogP) is 0.806. The van der Waals surface area contributed by atoms with E-state index in [9.17, 15) is 14.7 Å². The second-order valence-corrected chi connectivity index (χ2v) is 5.50. The molecule has 0 saturated carbocycles. The lowest BCUT2D eigenvalue weighted by atomic mass is 10.0. The Labute approximate surface area is 149 Å². The Hall–Kier alpha value is -3.52. The van der Waals surface area contributed by atoms with E-state index in [0.29, 0.717) is 5.56 Å². The minimum Gasteiger partial charge on any atom is -0.394 e. The van der Waals surface area contributed by atoms with E-state index < -0.39 is 24.5 Å². The number of aliphatic hydroxyl groups excluding tert-OH is 1. The third-order valence-electron chi connectivity index (χ3n) is 3.72. The maximum atomic E-state index is 12.3. The third kappa shape index (κ3) is 4.11. The molecule has 2 aromatic carbocycles.